The van der Waals surface area contributed by atoms with Crippen molar-refractivity contribution in [2.24, 2.45) is 0 Å². The number of ether oxygens (including phenoxy) is 1. The molecule has 0 spiro atoms. The lowest BCUT2D eigenvalue weighted by Gasteiger charge is -2.35. The van der Waals surface area contributed by atoms with E-state index in [0.29, 0.717) is 13.1 Å². The summed E-state index contributed by atoms with van der Waals surface area (Å²) in [6, 6.07) is 10.5. The number of rotatable bonds is 8. The Morgan fingerprint density at radius 3 is 2.41 bits per heavy atom. The molecule has 3 rings (SSSR count). The quantitative estimate of drug-likeness (QED) is 0.595. The van der Waals surface area contributed by atoms with Crippen LogP contribution in [0.4, 0.5) is 4.79 Å². The first-order valence-corrected chi connectivity index (χ1v) is 11.0. The fraction of sp³-hybridized carbons (Fsp3) is 0.611. The maximum atomic E-state index is 11.9. The van der Waals surface area contributed by atoms with Crippen molar-refractivity contribution >= 4 is 16.2 Å². The van der Waals surface area contributed by atoms with Crippen LogP contribution in [0.5, 0.6) is 0 Å². The summed E-state index contributed by atoms with van der Waals surface area (Å²) >= 11 is 0. The summed E-state index contributed by atoms with van der Waals surface area (Å²) in [5.74, 6) is 0. The molecule has 27 heavy (non-hydrogen) atoms. The van der Waals surface area contributed by atoms with E-state index in [4.69, 9.17) is 8.92 Å². The van der Waals surface area contributed by atoms with Gasteiger partial charge in [-0.05, 0) is 5.56 Å². The molecule has 1 atom stereocenters. The molecule has 1 aromatic rings. The molecule has 2 saturated heterocycles. The van der Waals surface area contributed by atoms with Crippen LogP contribution in [0.3, 0.4) is 0 Å². The van der Waals surface area contributed by atoms with Crippen LogP contribution in [-0.4, -0.2) is 94.0 Å². The third kappa shape index (κ3) is 6.46. The lowest BCUT2D eigenvalue weighted by Crippen LogP contribution is -2.48. The van der Waals surface area contributed by atoms with E-state index in [1.54, 1.807) is 4.90 Å². The maximum absolute atomic E-state index is 11.9. The number of hydrogen-bond acceptors (Lipinski definition) is 7. The molecular weight excluding hydrogens is 370 g/mol. The number of carbonyl (C=O) groups excluding carboxylic acids is 1. The Labute approximate surface area is 160 Å². The van der Waals surface area contributed by atoms with Crippen molar-refractivity contribution in [1.29, 1.82) is 0 Å². The largest absolute Gasteiger partial charge is 0.442 e. The lowest BCUT2D eigenvalue weighted by atomic mass is 10.2. The molecule has 1 aromatic carbocycles. The standard InChI is InChI=1S/C18H27N3O5S/c1-27(23,24)25-15-17-14-21(18(22)26-17)12-11-19-7-9-20(10-8-19)13-16-5-3-2-4-6-16/h2-6,17H,7-15H2,1H3. The minimum atomic E-state index is -3.53. The summed E-state index contributed by atoms with van der Waals surface area (Å²) in [5, 5.41) is 0. The second-order valence-corrected chi connectivity index (χ2v) is 8.69. The monoisotopic (exact) mass is 397 g/mol. The second kappa shape index (κ2) is 9.01. The lowest BCUT2D eigenvalue weighted by molar-refractivity contribution is 0.102. The summed E-state index contributed by atoms with van der Waals surface area (Å²) in [6.45, 7) is 6.51. The van der Waals surface area contributed by atoms with Crippen LogP contribution in [0.1, 0.15) is 5.56 Å². The van der Waals surface area contributed by atoms with Gasteiger partial charge in [-0.25, -0.2) is 4.79 Å². The minimum Gasteiger partial charge on any atom is -0.442 e. The van der Waals surface area contributed by atoms with E-state index < -0.39 is 22.3 Å². The Kier molecular flexibility index (Phi) is 6.69. The highest BCUT2D eigenvalue weighted by atomic mass is 32.2. The number of benzene rings is 1. The van der Waals surface area contributed by atoms with Crippen molar-refractivity contribution in [3.05, 3.63) is 35.9 Å². The molecule has 150 valence electrons. The Balaban J connectivity index is 1.35. The van der Waals surface area contributed by atoms with Crippen molar-refractivity contribution in [3.8, 4) is 0 Å². The fourth-order valence-electron chi connectivity index (χ4n) is 3.32. The molecule has 2 heterocycles. The maximum Gasteiger partial charge on any atom is 0.410 e. The number of carbonyl (C=O) groups is 1. The van der Waals surface area contributed by atoms with Gasteiger partial charge in [-0.2, -0.15) is 8.42 Å². The van der Waals surface area contributed by atoms with Crippen LogP contribution in [0.2, 0.25) is 0 Å². The molecule has 0 bridgehead atoms. The van der Waals surface area contributed by atoms with Gasteiger partial charge in [-0.3, -0.25) is 14.0 Å². The summed E-state index contributed by atoms with van der Waals surface area (Å²) in [5.41, 5.74) is 1.33. The number of hydrogen-bond donors (Lipinski definition) is 0. The highest BCUT2D eigenvalue weighted by Gasteiger charge is 2.32. The van der Waals surface area contributed by atoms with Crippen LogP contribution >= 0.6 is 0 Å². The van der Waals surface area contributed by atoms with Gasteiger partial charge >= 0.3 is 6.09 Å². The molecule has 0 radical (unpaired) electrons. The zero-order chi connectivity index (χ0) is 19.3. The Morgan fingerprint density at radius 1 is 1.07 bits per heavy atom. The van der Waals surface area contributed by atoms with E-state index in [1.165, 1.54) is 5.56 Å². The molecule has 2 aliphatic heterocycles. The van der Waals surface area contributed by atoms with Gasteiger partial charge in [0, 0.05) is 45.8 Å². The van der Waals surface area contributed by atoms with Crippen molar-refractivity contribution in [2.75, 3.05) is 58.7 Å². The van der Waals surface area contributed by atoms with Crippen LogP contribution in [0.15, 0.2) is 30.3 Å². The second-order valence-electron chi connectivity index (χ2n) is 7.04. The average Bonchev–Trinajstić information content (AvgIpc) is 3.00. The van der Waals surface area contributed by atoms with Crippen molar-refractivity contribution in [1.82, 2.24) is 14.7 Å². The van der Waals surface area contributed by atoms with E-state index in [2.05, 4.69) is 34.1 Å². The normalized spacial score (nSPS) is 22.2. The first-order valence-electron chi connectivity index (χ1n) is 9.18. The van der Waals surface area contributed by atoms with Gasteiger partial charge in [0.05, 0.1) is 12.8 Å². The Bertz CT molecular complexity index is 720. The van der Waals surface area contributed by atoms with E-state index in [1.807, 2.05) is 6.07 Å². The topological polar surface area (TPSA) is 79.4 Å². The molecule has 2 aliphatic rings. The van der Waals surface area contributed by atoms with Gasteiger partial charge in [0.15, 0.2) is 0 Å². The van der Waals surface area contributed by atoms with Crippen LogP contribution < -0.4 is 0 Å². The number of amides is 1. The van der Waals surface area contributed by atoms with Crippen LogP contribution in [0.25, 0.3) is 0 Å². The summed E-state index contributed by atoms with van der Waals surface area (Å²) in [6.07, 6.45) is 0.0497. The average molecular weight is 397 g/mol. The van der Waals surface area contributed by atoms with E-state index >= 15 is 0 Å². The highest BCUT2D eigenvalue weighted by Crippen LogP contribution is 2.13. The highest BCUT2D eigenvalue weighted by molar-refractivity contribution is 7.85. The SMILES string of the molecule is CS(=O)(=O)OCC1CN(CCN2CCN(Cc3ccccc3)CC2)C(=O)O1. The number of nitrogens with zero attached hydrogens (tertiary/aromatic N) is 3. The molecule has 1 unspecified atom stereocenters. The van der Waals surface area contributed by atoms with Gasteiger partial charge in [0.1, 0.15) is 12.7 Å². The molecule has 9 heteroatoms. The zero-order valence-corrected chi connectivity index (χ0v) is 16.4. The Hall–Kier alpha value is -1.68. The molecule has 0 saturated carbocycles. The molecule has 0 N–H and O–H groups in total. The summed E-state index contributed by atoms with van der Waals surface area (Å²) < 4.78 is 32.0. The predicted molar refractivity (Wildman–Crippen MR) is 101 cm³/mol. The molecular formula is C18H27N3O5S. The van der Waals surface area contributed by atoms with Gasteiger partial charge < -0.3 is 9.64 Å². The van der Waals surface area contributed by atoms with Crippen molar-refractivity contribution in [2.45, 2.75) is 12.6 Å². The molecule has 1 amide bonds. The summed E-state index contributed by atoms with van der Waals surface area (Å²) in [4.78, 5) is 18.3. The smallest absolute Gasteiger partial charge is 0.410 e. The van der Waals surface area contributed by atoms with Crippen LogP contribution in [-0.2, 0) is 25.6 Å². The van der Waals surface area contributed by atoms with Crippen molar-refractivity contribution in [3.63, 3.8) is 0 Å². The third-order valence-electron chi connectivity index (χ3n) is 4.82. The molecule has 8 nitrogen and oxygen atoms in total. The fourth-order valence-corrected chi connectivity index (χ4v) is 3.72. The van der Waals surface area contributed by atoms with E-state index in [-0.39, 0.29) is 6.61 Å². The third-order valence-corrected chi connectivity index (χ3v) is 5.38. The van der Waals surface area contributed by atoms with E-state index in [0.717, 1.165) is 45.5 Å². The molecule has 0 aromatic heterocycles. The molecule has 0 aliphatic carbocycles. The van der Waals surface area contributed by atoms with Gasteiger partial charge in [0.25, 0.3) is 10.1 Å². The summed E-state index contributed by atoms with van der Waals surface area (Å²) in [7, 11) is -3.53. The first kappa shape index (κ1) is 20.1. The van der Waals surface area contributed by atoms with Crippen LogP contribution in [0, 0.1) is 0 Å². The molecule has 2 fully saturated rings. The number of cyclic esters (lactones) is 1. The minimum absolute atomic E-state index is 0.126. The Morgan fingerprint density at radius 2 is 1.74 bits per heavy atom. The van der Waals surface area contributed by atoms with E-state index in [9.17, 15) is 13.2 Å². The predicted octanol–water partition coefficient (Wildman–Crippen LogP) is 0.601. The van der Waals surface area contributed by atoms with Gasteiger partial charge in [-0.1, -0.05) is 30.3 Å². The first-order chi connectivity index (χ1) is 12.9. The van der Waals surface area contributed by atoms with Gasteiger partial charge in [-0.15, -0.1) is 0 Å². The van der Waals surface area contributed by atoms with Crippen molar-refractivity contribution < 1.29 is 22.1 Å². The zero-order valence-electron chi connectivity index (χ0n) is 15.6. The number of piperazine rings is 1. The van der Waals surface area contributed by atoms with Gasteiger partial charge in [0.2, 0.25) is 0 Å².